The van der Waals surface area contributed by atoms with Gasteiger partial charge in [-0.2, -0.15) is 0 Å². The number of benzene rings is 2. The first-order valence-corrected chi connectivity index (χ1v) is 8.78. The molecule has 134 valence electrons. The van der Waals surface area contributed by atoms with E-state index in [0.29, 0.717) is 18.8 Å². The summed E-state index contributed by atoms with van der Waals surface area (Å²) in [5, 5.41) is 13.8. The minimum atomic E-state index is -0.402. The lowest BCUT2D eigenvalue weighted by Crippen LogP contribution is -2.45. The van der Waals surface area contributed by atoms with Crippen LogP contribution in [0.2, 0.25) is 0 Å². The highest BCUT2D eigenvalue weighted by atomic mass is 19.1. The Kier molecular flexibility index (Phi) is 6.25. The van der Waals surface area contributed by atoms with E-state index >= 15 is 0 Å². The second-order valence-corrected chi connectivity index (χ2v) is 6.27. The Morgan fingerprint density at radius 1 is 1.12 bits per heavy atom. The van der Waals surface area contributed by atoms with Crippen LogP contribution in [0.1, 0.15) is 23.6 Å². The third kappa shape index (κ3) is 4.71. The van der Waals surface area contributed by atoms with Gasteiger partial charge in [0.25, 0.3) is 0 Å². The Balaban J connectivity index is 1.70. The molecule has 4 nitrogen and oxygen atoms in total. The van der Waals surface area contributed by atoms with Crippen LogP contribution in [0.4, 0.5) is 4.39 Å². The minimum absolute atomic E-state index is 0.102. The van der Waals surface area contributed by atoms with Crippen LogP contribution >= 0.6 is 0 Å². The van der Waals surface area contributed by atoms with Gasteiger partial charge in [-0.15, -0.1) is 0 Å². The van der Waals surface area contributed by atoms with E-state index in [9.17, 15) is 9.50 Å². The summed E-state index contributed by atoms with van der Waals surface area (Å²) in [4.78, 5) is 2.23. The van der Waals surface area contributed by atoms with Gasteiger partial charge in [0, 0.05) is 43.9 Å². The first-order valence-electron chi connectivity index (χ1n) is 8.78. The molecule has 1 aliphatic rings. The van der Waals surface area contributed by atoms with E-state index in [1.54, 1.807) is 6.07 Å². The average Bonchev–Trinajstić information content (AvgIpc) is 2.66. The summed E-state index contributed by atoms with van der Waals surface area (Å²) in [5.41, 5.74) is 1.84. The molecule has 2 N–H and O–H groups in total. The number of phenols is 1. The summed E-state index contributed by atoms with van der Waals surface area (Å²) in [6.45, 7) is 3.54. The number of hydrogen-bond acceptors (Lipinski definition) is 4. The van der Waals surface area contributed by atoms with Gasteiger partial charge in [0.05, 0.1) is 6.67 Å². The second kappa shape index (κ2) is 8.83. The first-order chi connectivity index (χ1) is 12.3. The fraction of sp³-hybridized carbons (Fsp3) is 0.400. The Morgan fingerprint density at radius 3 is 2.56 bits per heavy atom. The smallest absolute Gasteiger partial charge is 0.124 e. The van der Waals surface area contributed by atoms with Gasteiger partial charge in [-0.05, 0) is 18.1 Å². The number of hydrogen-bond donors (Lipinski definition) is 2. The SMILES string of the molecule is Oc1cc(OCc2ccccc2)ccc1[C@@H](CCF)N1CCNCC1. The van der Waals surface area contributed by atoms with Gasteiger partial charge in [-0.25, -0.2) is 0 Å². The van der Waals surface area contributed by atoms with Gasteiger partial charge in [-0.1, -0.05) is 36.4 Å². The zero-order valence-corrected chi connectivity index (χ0v) is 14.3. The van der Waals surface area contributed by atoms with Gasteiger partial charge in [-0.3, -0.25) is 9.29 Å². The molecule has 1 fully saturated rings. The summed E-state index contributed by atoms with van der Waals surface area (Å²) in [7, 11) is 0. The number of nitrogens with zero attached hydrogens (tertiary/aromatic N) is 1. The molecule has 1 heterocycles. The second-order valence-electron chi connectivity index (χ2n) is 6.27. The van der Waals surface area contributed by atoms with Gasteiger partial charge in [0.15, 0.2) is 0 Å². The molecule has 0 aromatic heterocycles. The summed E-state index contributed by atoms with van der Waals surface area (Å²) < 4.78 is 18.8. The van der Waals surface area contributed by atoms with E-state index in [4.69, 9.17) is 4.74 Å². The molecule has 1 atom stereocenters. The van der Waals surface area contributed by atoms with Crippen LogP contribution in [-0.2, 0) is 6.61 Å². The predicted octanol–water partition coefficient (Wildman–Crippen LogP) is 3.28. The quantitative estimate of drug-likeness (QED) is 0.809. The molecular formula is C20H25FN2O2. The van der Waals surface area contributed by atoms with Crippen LogP contribution in [0.25, 0.3) is 0 Å². The zero-order valence-electron chi connectivity index (χ0n) is 14.3. The first kappa shape index (κ1) is 17.7. The molecule has 0 spiro atoms. The number of phenolic OH excluding ortho intramolecular Hbond substituents is 1. The van der Waals surface area contributed by atoms with Gasteiger partial charge in [0.2, 0.25) is 0 Å². The summed E-state index contributed by atoms with van der Waals surface area (Å²) in [6.07, 6.45) is 0.387. The van der Waals surface area contributed by atoms with Crippen molar-refractivity contribution in [3.63, 3.8) is 0 Å². The molecule has 2 aromatic rings. The Labute approximate surface area is 148 Å². The number of ether oxygens (including phenoxy) is 1. The van der Waals surface area contributed by atoms with Crippen molar-refractivity contribution in [1.29, 1.82) is 0 Å². The van der Waals surface area contributed by atoms with E-state index < -0.39 is 6.67 Å². The van der Waals surface area contributed by atoms with E-state index in [-0.39, 0.29) is 11.8 Å². The number of alkyl halides is 1. The van der Waals surface area contributed by atoms with E-state index in [2.05, 4.69) is 10.2 Å². The lowest BCUT2D eigenvalue weighted by atomic mass is 10.0. The normalized spacial score (nSPS) is 16.5. The summed E-state index contributed by atoms with van der Waals surface area (Å²) >= 11 is 0. The molecule has 25 heavy (non-hydrogen) atoms. The van der Waals surface area contributed by atoms with Crippen LogP contribution < -0.4 is 10.1 Å². The maximum Gasteiger partial charge on any atom is 0.124 e. The highest BCUT2D eigenvalue weighted by Gasteiger charge is 2.24. The lowest BCUT2D eigenvalue weighted by Gasteiger charge is -2.35. The van der Waals surface area contributed by atoms with E-state index in [0.717, 1.165) is 37.3 Å². The average molecular weight is 344 g/mol. The molecule has 1 saturated heterocycles. The molecular weight excluding hydrogens is 319 g/mol. The van der Waals surface area contributed by atoms with Crippen LogP contribution in [0, 0.1) is 0 Å². The van der Waals surface area contributed by atoms with Crippen molar-refractivity contribution in [3.05, 3.63) is 59.7 Å². The number of halogens is 1. The van der Waals surface area contributed by atoms with E-state index in [1.807, 2.05) is 42.5 Å². The highest BCUT2D eigenvalue weighted by Crippen LogP contribution is 2.34. The topological polar surface area (TPSA) is 44.7 Å². The molecule has 0 amide bonds. The summed E-state index contributed by atoms with van der Waals surface area (Å²) in [5.74, 6) is 0.784. The van der Waals surface area contributed by atoms with E-state index in [1.165, 1.54) is 0 Å². The third-order valence-corrected chi connectivity index (χ3v) is 4.58. The molecule has 3 rings (SSSR count). The minimum Gasteiger partial charge on any atom is -0.507 e. The Hall–Kier alpha value is -2.11. The number of rotatable bonds is 7. The van der Waals surface area contributed by atoms with Crippen LogP contribution in [-0.4, -0.2) is 42.9 Å². The summed E-state index contributed by atoms with van der Waals surface area (Å²) in [6, 6.07) is 15.1. The molecule has 2 aromatic carbocycles. The monoisotopic (exact) mass is 344 g/mol. The maximum absolute atomic E-state index is 13.1. The fourth-order valence-corrected chi connectivity index (χ4v) is 3.27. The zero-order chi connectivity index (χ0) is 17.5. The van der Waals surface area contributed by atoms with Crippen LogP contribution in [0.5, 0.6) is 11.5 Å². The van der Waals surface area contributed by atoms with Crippen molar-refractivity contribution in [2.45, 2.75) is 19.1 Å². The highest BCUT2D eigenvalue weighted by molar-refractivity contribution is 5.41. The lowest BCUT2D eigenvalue weighted by molar-refractivity contribution is 0.155. The number of aromatic hydroxyl groups is 1. The maximum atomic E-state index is 13.1. The predicted molar refractivity (Wildman–Crippen MR) is 96.7 cm³/mol. The van der Waals surface area contributed by atoms with Crippen molar-refractivity contribution >= 4 is 0 Å². The Morgan fingerprint density at radius 2 is 1.88 bits per heavy atom. The molecule has 1 aliphatic heterocycles. The van der Waals surface area contributed by atoms with Gasteiger partial charge < -0.3 is 15.2 Å². The van der Waals surface area contributed by atoms with Crippen molar-refractivity contribution in [3.8, 4) is 11.5 Å². The molecule has 0 saturated carbocycles. The number of piperazine rings is 1. The fourth-order valence-electron chi connectivity index (χ4n) is 3.27. The largest absolute Gasteiger partial charge is 0.507 e. The molecule has 0 aliphatic carbocycles. The third-order valence-electron chi connectivity index (χ3n) is 4.58. The van der Waals surface area contributed by atoms with Crippen molar-refractivity contribution in [1.82, 2.24) is 10.2 Å². The van der Waals surface area contributed by atoms with Crippen molar-refractivity contribution < 1.29 is 14.2 Å². The molecule has 0 bridgehead atoms. The molecule has 0 radical (unpaired) electrons. The van der Waals surface area contributed by atoms with Crippen molar-refractivity contribution in [2.24, 2.45) is 0 Å². The van der Waals surface area contributed by atoms with Crippen LogP contribution in [0.15, 0.2) is 48.5 Å². The van der Waals surface area contributed by atoms with Gasteiger partial charge >= 0.3 is 0 Å². The van der Waals surface area contributed by atoms with Crippen LogP contribution in [0.3, 0.4) is 0 Å². The standard InChI is InChI=1S/C20H25FN2O2/c21-9-8-19(23-12-10-22-11-13-23)18-7-6-17(14-20(18)24)25-15-16-4-2-1-3-5-16/h1-7,14,19,22,24H,8-13,15H2/t19-/m1/s1. The number of nitrogens with one attached hydrogen (secondary N) is 1. The molecule has 0 unspecified atom stereocenters. The van der Waals surface area contributed by atoms with Gasteiger partial charge in [0.1, 0.15) is 18.1 Å². The molecule has 5 heteroatoms. The Bertz CT molecular complexity index is 660. The van der Waals surface area contributed by atoms with Crippen molar-refractivity contribution in [2.75, 3.05) is 32.9 Å².